The maximum Gasteiger partial charge on any atom is 0.111 e. The molecule has 15 heteroatoms. The number of hydrogen-bond acceptors (Lipinski definition) is 6. The summed E-state index contributed by atoms with van der Waals surface area (Å²) >= 11 is 6.65. The number of hydrogen-bond donors (Lipinski definition) is 2. The van der Waals surface area contributed by atoms with Gasteiger partial charge in [-0.25, -0.2) is 4.39 Å². The number of aliphatic hydroxyl groups is 1. The Morgan fingerprint density at radius 3 is 2.16 bits per heavy atom. The zero-order valence-corrected chi connectivity index (χ0v) is 21.7. The van der Waals surface area contributed by atoms with Gasteiger partial charge < -0.3 is 10.9 Å². The zero-order valence-electron chi connectivity index (χ0n) is 21.0. The minimum Gasteiger partial charge on any atom is -0.396 e. The van der Waals surface area contributed by atoms with Crippen LogP contribution in [0.2, 0.25) is 5.02 Å². The summed E-state index contributed by atoms with van der Waals surface area (Å²) in [6.07, 6.45) is 1.85. The van der Waals surface area contributed by atoms with Crippen molar-refractivity contribution in [3.63, 3.8) is 0 Å². The van der Waals surface area contributed by atoms with Crippen LogP contribution in [-0.2, 0) is 12.0 Å². The topological polar surface area (TPSA) is 217 Å². The summed E-state index contributed by atoms with van der Waals surface area (Å²) in [6, 6.07) is 5.35. The van der Waals surface area contributed by atoms with Gasteiger partial charge >= 0.3 is 0 Å². The standard InChI is InChI=1S/C22H32ClFN12O/c1-3-22(24)9-16(10-22)18(11-37)20(2,32-36-28)17-5-4-15(19(23)8-17)6-7-21(12-29-33-25,13-30-34-26)14-31-35-27/h4-5,8,16,18,37H,3,6-7,9-14H2,1-2H3,(H2,28,32)/t16?,18?,20-,22?/m0/s1. The van der Waals surface area contributed by atoms with Gasteiger partial charge in [-0.15, -0.1) is 0 Å². The van der Waals surface area contributed by atoms with E-state index in [9.17, 15) is 9.50 Å². The van der Waals surface area contributed by atoms with Crippen LogP contribution in [0.5, 0.6) is 0 Å². The predicted molar refractivity (Wildman–Crippen MR) is 138 cm³/mol. The van der Waals surface area contributed by atoms with Gasteiger partial charge in [0.15, 0.2) is 0 Å². The Bertz CT molecular complexity index is 1060. The Kier molecular flexibility index (Phi) is 10.8. The van der Waals surface area contributed by atoms with Crippen molar-refractivity contribution in [2.45, 2.75) is 57.2 Å². The Morgan fingerprint density at radius 2 is 1.73 bits per heavy atom. The summed E-state index contributed by atoms with van der Waals surface area (Å²) in [4.78, 5) is 8.36. The summed E-state index contributed by atoms with van der Waals surface area (Å²) in [5.41, 5.74) is 24.7. The van der Waals surface area contributed by atoms with Crippen molar-refractivity contribution in [3.8, 4) is 0 Å². The van der Waals surface area contributed by atoms with Crippen molar-refractivity contribution in [2.75, 3.05) is 26.2 Å². The predicted octanol–water partition coefficient (Wildman–Crippen LogP) is 6.87. The smallest absolute Gasteiger partial charge is 0.111 e. The third-order valence-corrected chi connectivity index (χ3v) is 7.96. The molecule has 2 atom stereocenters. The number of alkyl halides is 1. The molecule has 0 aliphatic heterocycles. The molecule has 1 aromatic carbocycles. The fraction of sp³-hybridized carbons (Fsp3) is 0.727. The highest BCUT2D eigenvalue weighted by Gasteiger charge is 2.52. The molecule has 1 aromatic rings. The van der Waals surface area contributed by atoms with Gasteiger partial charge in [0.2, 0.25) is 0 Å². The van der Waals surface area contributed by atoms with E-state index in [1.54, 1.807) is 13.0 Å². The Hall–Kier alpha value is -3.27. The van der Waals surface area contributed by atoms with Gasteiger partial charge in [-0.3, -0.25) is 0 Å². The molecule has 1 unspecified atom stereocenters. The van der Waals surface area contributed by atoms with E-state index in [-0.39, 0.29) is 32.2 Å². The lowest BCUT2D eigenvalue weighted by atomic mass is 9.60. The van der Waals surface area contributed by atoms with Gasteiger partial charge in [-0.2, -0.15) is 5.11 Å². The van der Waals surface area contributed by atoms with Crippen molar-refractivity contribution >= 4 is 11.6 Å². The second-order valence-corrected chi connectivity index (χ2v) is 10.2. The van der Waals surface area contributed by atoms with Crippen LogP contribution in [0.25, 0.3) is 31.3 Å². The summed E-state index contributed by atoms with van der Waals surface area (Å²) in [5, 5.41) is 29.3. The fourth-order valence-electron chi connectivity index (χ4n) is 5.10. The first kappa shape index (κ1) is 30.0. The van der Waals surface area contributed by atoms with E-state index >= 15 is 0 Å². The highest BCUT2D eigenvalue weighted by Crippen LogP contribution is 2.52. The lowest BCUT2D eigenvalue weighted by molar-refractivity contribution is -0.0554. The highest BCUT2D eigenvalue weighted by atomic mass is 35.5. The third kappa shape index (κ3) is 7.15. The van der Waals surface area contributed by atoms with Crippen LogP contribution in [-0.4, -0.2) is 37.0 Å². The number of nitrogens with two attached hydrogens (primary N) is 1. The first-order valence-electron chi connectivity index (χ1n) is 11.9. The summed E-state index contributed by atoms with van der Waals surface area (Å²) in [7, 11) is 0. The lowest BCUT2D eigenvalue weighted by Crippen LogP contribution is -2.49. The Morgan fingerprint density at radius 1 is 1.16 bits per heavy atom. The summed E-state index contributed by atoms with van der Waals surface area (Å²) in [5.74, 6) is 4.93. The van der Waals surface area contributed by atoms with E-state index < -0.39 is 22.5 Å². The third-order valence-electron chi connectivity index (χ3n) is 7.61. The molecule has 1 aliphatic carbocycles. The van der Waals surface area contributed by atoms with Crippen LogP contribution >= 0.6 is 11.6 Å². The van der Waals surface area contributed by atoms with E-state index in [0.717, 1.165) is 5.56 Å². The first-order chi connectivity index (χ1) is 17.7. The van der Waals surface area contributed by atoms with Crippen molar-refractivity contribution in [2.24, 2.45) is 48.8 Å². The Labute approximate surface area is 219 Å². The molecule has 0 spiro atoms. The SMILES string of the molecule is CCC1(F)CC(C(CO)[C@@](C)(N=NN)c2ccc(CCC(CN=[N+]=[N-])(CN=[N+]=[N-])CN=[N+]=[N-])c(Cl)c2)C1. The molecule has 1 fully saturated rings. The van der Waals surface area contributed by atoms with Gasteiger partial charge in [0.1, 0.15) is 11.2 Å². The average Bonchev–Trinajstić information content (AvgIpc) is 2.87. The second-order valence-electron chi connectivity index (χ2n) is 9.80. The molecule has 2 rings (SSSR count). The van der Waals surface area contributed by atoms with Crippen LogP contribution in [0.15, 0.2) is 43.9 Å². The van der Waals surface area contributed by atoms with Gasteiger partial charge in [-0.1, -0.05) is 51.2 Å². The molecule has 37 heavy (non-hydrogen) atoms. The lowest BCUT2D eigenvalue weighted by Gasteiger charge is -2.48. The van der Waals surface area contributed by atoms with Gasteiger partial charge in [-0.05, 0) is 84.1 Å². The van der Waals surface area contributed by atoms with Crippen LogP contribution in [0.3, 0.4) is 0 Å². The molecule has 0 amide bonds. The molecule has 0 heterocycles. The number of halogens is 2. The number of nitrogens with zero attached hydrogens (tertiary/aromatic N) is 11. The van der Waals surface area contributed by atoms with E-state index in [1.165, 1.54) is 0 Å². The number of azide groups is 3. The molecule has 1 aliphatic rings. The maximum atomic E-state index is 14.6. The number of rotatable bonds is 15. The molecule has 3 N–H and O–H groups in total. The van der Waals surface area contributed by atoms with Gasteiger partial charge in [0.05, 0.1) is 0 Å². The molecule has 200 valence electrons. The first-order valence-corrected chi connectivity index (χ1v) is 12.3. The molecule has 0 saturated heterocycles. The van der Waals surface area contributed by atoms with Crippen molar-refractivity contribution in [3.05, 3.63) is 65.7 Å². The van der Waals surface area contributed by atoms with E-state index in [0.29, 0.717) is 42.7 Å². The second kappa shape index (κ2) is 13.3. The molecule has 0 aromatic heterocycles. The van der Waals surface area contributed by atoms with E-state index in [1.807, 2.05) is 19.1 Å². The molecule has 0 radical (unpaired) electrons. The highest BCUT2D eigenvalue weighted by molar-refractivity contribution is 6.31. The van der Waals surface area contributed by atoms with Crippen molar-refractivity contribution in [1.29, 1.82) is 0 Å². The number of aryl methyl sites for hydroxylation is 1. The van der Waals surface area contributed by atoms with Crippen molar-refractivity contribution < 1.29 is 9.50 Å². The molecule has 0 bridgehead atoms. The zero-order chi connectivity index (χ0) is 27.5. The number of benzene rings is 1. The molecular formula is C22H32ClFN12O. The largest absolute Gasteiger partial charge is 0.396 e. The normalized spacial score (nSPS) is 22.9. The fourth-order valence-corrected chi connectivity index (χ4v) is 5.38. The van der Waals surface area contributed by atoms with Crippen LogP contribution in [0.1, 0.15) is 50.7 Å². The average molecular weight is 535 g/mol. The summed E-state index contributed by atoms with van der Waals surface area (Å²) in [6.45, 7) is 3.30. The summed E-state index contributed by atoms with van der Waals surface area (Å²) < 4.78 is 14.6. The number of aliphatic hydroxyl groups excluding tert-OH is 1. The monoisotopic (exact) mass is 534 g/mol. The van der Waals surface area contributed by atoms with Crippen LogP contribution < -0.4 is 5.84 Å². The van der Waals surface area contributed by atoms with Crippen molar-refractivity contribution in [1.82, 2.24) is 0 Å². The minimum atomic E-state index is -1.23. The maximum absolute atomic E-state index is 14.6. The van der Waals surface area contributed by atoms with Crippen LogP contribution in [0, 0.1) is 17.3 Å². The molecule has 13 nitrogen and oxygen atoms in total. The molecule has 1 saturated carbocycles. The van der Waals surface area contributed by atoms with Gasteiger partial charge in [0.25, 0.3) is 0 Å². The minimum absolute atomic E-state index is 0.0282. The van der Waals surface area contributed by atoms with Crippen LogP contribution in [0.4, 0.5) is 4.39 Å². The Balaban J connectivity index is 2.34. The van der Waals surface area contributed by atoms with Gasteiger partial charge in [0, 0.05) is 51.9 Å². The van der Waals surface area contributed by atoms with E-state index in [4.69, 9.17) is 34.0 Å². The quantitative estimate of drug-likeness (QED) is 0.0808. The molecular weight excluding hydrogens is 503 g/mol. The van der Waals surface area contributed by atoms with E-state index in [2.05, 4.69) is 40.4 Å².